The Morgan fingerprint density at radius 3 is 1.82 bits per heavy atom. The monoisotopic (exact) mass is 714 g/mol. The molecule has 236 valence electrons. The molecule has 0 bridgehead atoms. The molecule has 0 nitrogen and oxygen atoms in total. The van der Waals surface area contributed by atoms with Crippen LogP contribution < -0.4 is 24.8 Å². The Bertz CT molecular complexity index is 1680. The second-order valence-electron chi connectivity index (χ2n) is 15.7. The van der Waals surface area contributed by atoms with Crippen LogP contribution in [0.4, 0.5) is 0 Å². The van der Waals surface area contributed by atoms with Crippen molar-refractivity contribution >= 4 is 3.21 Å². The third-order valence-corrected chi connectivity index (χ3v) is 24.7. The fraction of sp³-hybridized carbons (Fsp3) is 0.452. The molecule has 0 N–H and O–H groups in total. The van der Waals surface area contributed by atoms with Crippen LogP contribution in [0.3, 0.4) is 0 Å². The van der Waals surface area contributed by atoms with Gasteiger partial charge in [-0.15, -0.1) is 0 Å². The maximum absolute atomic E-state index is 2.79. The summed E-state index contributed by atoms with van der Waals surface area (Å²) in [6.07, 6.45) is 36.1. The number of allylic oxidation sites excluding steroid dienone is 16. The maximum atomic E-state index is 2.79. The molecule has 2 saturated carbocycles. The average molecular weight is 717 g/mol. The predicted molar refractivity (Wildman–Crippen MR) is 182 cm³/mol. The molecule has 7 rings (SSSR count). The van der Waals surface area contributed by atoms with E-state index < -0.39 is 21.3 Å². The molecule has 0 aliphatic heterocycles. The first kappa shape index (κ1) is 34.8. The van der Waals surface area contributed by atoms with E-state index in [0.29, 0.717) is 9.54 Å². The molecular weight excluding hydrogens is 667 g/mol. The predicted octanol–water partition coefficient (Wildman–Crippen LogP) is 4.94. The summed E-state index contributed by atoms with van der Waals surface area (Å²) in [5, 5.41) is 0. The van der Waals surface area contributed by atoms with Crippen molar-refractivity contribution in [3.05, 3.63) is 130 Å². The van der Waals surface area contributed by atoms with Crippen LogP contribution in [0.25, 0.3) is 0 Å². The van der Waals surface area contributed by atoms with E-state index in [9.17, 15) is 0 Å². The molecule has 3 heteroatoms. The van der Waals surface area contributed by atoms with Gasteiger partial charge in [0.15, 0.2) is 0 Å². The van der Waals surface area contributed by atoms with Crippen LogP contribution in [-0.4, -0.2) is 3.21 Å². The topological polar surface area (TPSA) is 0 Å². The molecule has 0 radical (unpaired) electrons. The summed E-state index contributed by atoms with van der Waals surface area (Å²) in [6.45, 7) is 23.8. The molecule has 6 aliphatic rings. The number of rotatable bonds is 3. The first-order valence-corrected chi connectivity index (χ1v) is 20.4. The Kier molecular flexibility index (Phi) is 8.51. The second kappa shape index (κ2) is 11.0. The Morgan fingerprint density at radius 1 is 0.689 bits per heavy atom. The van der Waals surface area contributed by atoms with Crippen molar-refractivity contribution in [3.8, 4) is 0 Å². The van der Waals surface area contributed by atoms with E-state index in [1.165, 1.54) is 5.56 Å². The smallest absolute Gasteiger partial charge is 1.00 e. The number of benzene rings is 1. The molecule has 1 aromatic carbocycles. The summed E-state index contributed by atoms with van der Waals surface area (Å²) < 4.78 is 4.09. The molecule has 0 saturated heterocycles. The van der Waals surface area contributed by atoms with Gasteiger partial charge in [-0.2, -0.15) is 0 Å². The standard InChI is InChI=1S/C29H37.C8H8.C5H5.2ClH.Zr/c1-21-14-13-15-22-20-27(6)25(4)18-10-9-16-23(25,2)24(3)17-11-12-19-26(24,5)29(27,8)28(21,22)7;1-2-8-6-4-3-5-7-8;1-2-4-5-3-1;;;/h9-20,22H,1-8H3;3-7H,1H3;1-3H,4H2;2*1H;/q;;;;;+2/p-2. The molecule has 9 unspecified atom stereocenters. The summed E-state index contributed by atoms with van der Waals surface area (Å²) in [5.74, 6) is 0.487. The SMILES string of the molecule is CC1=CC=CC2[CH](/[Zr+2]([C]3=CC=CC3)=[C](\C)c3ccccc3)C3(C)C4(C)C=CC=CC4(C)C4(C)C=CC=CC4(C)C3(C)C12C.[Cl-].[Cl-]. The fourth-order valence-corrected chi connectivity index (χ4v) is 23.2. The van der Waals surface area contributed by atoms with E-state index in [-0.39, 0.29) is 62.7 Å². The minimum atomic E-state index is -2.60. The van der Waals surface area contributed by atoms with Crippen molar-refractivity contribution in [2.75, 3.05) is 0 Å². The zero-order valence-corrected chi connectivity index (χ0v) is 32.6. The number of hydrogen-bond donors (Lipinski definition) is 0. The second-order valence-corrected chi connectivity index (χ2v) is 22.7. The van der Waals surface area contributed by atoms with Crippen LogP contribution in [0, 0.1) is 43.8 Å². The van der Waals surface area contributed by atoms with E-state index in [1.54, 1.807) is 12.1 Å². The van der Waals surface area contributed by atoms with Crippen LogP contribution in [0.2, 0.25) is 3.63 Å². The molecule has 0 aromatic heterocycles. The van der Waals surface area contributed by atoms with Gasteiger partial charge in [0, 0.05) is 0 Å². The Labute approximate surface area is 293 Å². The number of hydrogen-bond acceptors (Lipinski definition) is 0. The van der Waals surface area contributed by atoms with E-state index in [1.807, 2.05) is 0 Å². The van der Waals surface area contributed by atoms with Crippen LogP contribution in [0.1, 0.15) is 74.3 Å². The van der Waals surface area contributed by atoms with E-state index in [2.05, 4.69) is 178 Å². The summed E-state index contributed by atoms with van der Waals surface area (Å²) in [7, 11) is 0. The molecule has 1 aromatic rings. The first-order chi connectivity index (χ1) is 20.3. The van der Waals surface area contributed by atoms with Gasteiger partial charge in [0.2, 0.25) is 0 Å². The molecule has 2 fully saturated rings. The molecule has 0 amide bonds. The zero-order chi connectivity index (χ0) is 30.7. The van der Waals surface area contributed by atoms with E-state index >= 15 is 0 Å². The average Bonchev–Trinajstić information content (AvgIpc) is 3.58. The fourth-order valence-electron chi connectivity index (χ4n) is 12.4. The molecular formula is C42H50Cl2Zr. The van der Waals surface area contributed by atoms with Gasteiger partial charge in [-0.05, 0) is 0 Å². The Hall–Kier alpha value is -1.53. The number of halogens is 2. The van der Waals surface area contributed by atoms with Gasteiger partial charge in [0.25, 0.3) is 0 Å². The van der Waals surface area contributed by atoms with E-state index in [0.717, 1.165) is 6.42 Å². The van der Waals surface area contributed by atoms with Gasteiger partial charge in [-0.25, -0.2) is 0 Å². The van der Waals surface area contributed by atoms with Gasteiger partial charge in [-0.1, -0.05) is 0 Å². The summed E-state index contributed by atoms with van der Waals surface area (Å²) in [5.41, 5.74) is 2.81. The van der Waals surface area contributed by atoms with Gasteiger partial charge in [-0.3, -0.25) is 0 Å². The van der Waals surface area contributed by atoms with Crippen LogP contribution in [0.15, 0.2) is 124 Å². The van der Waals surface area contributed by atoms with Crippen molar-refractivity contribution < 1.29 is 46.1 Å². The number of fused-ring (bicyclic) bond motifs is 8. The van der Waals surface area contributed by atoms with Gasteiger partial charge in [0.1, 0.15) is 0 Å². The molecule has 0 heterocycles. The van der Waals surface area contributed by atoms with Crippen molar-refractivity contribution in [3.63, 3.8) is 0 Å². The van der Waals surface area contributed by atoms with Crippen LogP contribution >= 0.6 is 0 Å². The maximum Gasteiger partial charge on any atom is -1.00 e. The third-order valence-electron chi connectivity index (χ3n) is 15.5. The normalized spacial score (nSPS) is 44.9. The van der Waals surface area contributed by atoms with Crippen LogP contribution in [-0.2, 0) is 21.3 Å². The quantitative estimate of drug-likeness (QED) is 0.416. The minimum absolute atomic E-state index is 0. The van der Waals surface area contributed by atoms with Gasteiger partial charge in [0.05, 0.1) is 0 Å². The van der Waals surface area contributed by atoms with Crippen molar-refractivity contribution in [2.45, 2.75) is 72.4 Å². The molecule has 45 heavy (non-hydrogen) atoms. The van der Waals surface area contributed by atoms with Crippen molar-refractivity contribution in [1.29, 1.82) is 0 Å². The largest absolute Gasteiger partial charge is 1.00 e. The first-order valence-electron chi connectivity index (χ1n) is 16.5. The zero-order valence-electron chi connectivity index (χ0n) is 28.6. The summed E-state index contributed by atoms with van der Waals surface area (Å²) in [4.78, 5) is 0. The van der Waals surface area contributed by atoms with Gasteiger partial charge >= 0.3 is 270 Å². The summed E-state index contributed by atoms with van der Waals surface area (Å²) >= 11 is -2.60. The Balaban J connectivity index is 0.00000200. The van der Waals surface area contributed by atoms with Crippen molar-refractivity contribution in [2.24, 2.45) is 43.8 Å². The van der Waals surface area contributed by atoms with Gasteiger partial charge < -0.3 is 24.8 Å². The van der Waals surface area contributed by atoms with E-state index in [4.69, 9.17) is 0 Å². The molecule has 0 spiro atoms. The molecule has 9 atom stereocenters. The third kappa shape index (κ3) is 3.63. The minimum Gasteiger partial charge on any atom is -1.00 e. The van der Waals surface area contributed by atoms with Crippen molar-refractivity contribution in [1.82, 2.24) is 0 Å². The van der Waals surface area contributed by atoms with Crippen LogP contribution in [0.5, 0.6) is 0 Å². The molecule has 6 aliphatic carbocycles. The summed E-state index contributed by atoms with van der Waals surface area (Å²) in [6, 6.07) is 11.5. The Morgan fingerprint density at radius 2 is 1.24 bits per heavy atom.